The monoisotopic (exact) mass is 209 g/mol. The van der Waals surface area contributed by atoms with Gasteiger partial charge in [-0.05, 0) is 6.92 Å². The molecule has 5 heteroatoms. The van der Waals surface area contributed by atoms with Crippen LogP contribution in [0.4, 0.5) is 0 Å². The van der Waals surface area contributed by atoms with E-state index in [1.54, 1.807) is 39.9 Å². The molecule has 0 bridgehead atoms. The molecule has 0 fully saturated rings. The predicted molar refractivity (Wildman–Crippen MR) is 55.6 cm³/mol. The highest BCUT2D eigenvalue weighted by Crippen LogP contribution is 2.08. The molecule has 0 aliphatic rings. The molecule has 0 spiro atoms. The summed E-state index contributed by atoms with van der Waals surface area (Å²) in [6.45, 7) is 2.52. The molecular formula is C9H11N3OS. The fourth-order valence-corrected chi connectivity index (χ4v) is 1.89. The molecule has 0 aromatic carbocycles. The van der Waals surface area contributed by atoms with Crippen LogP contribution in [0.5, 0.6) is 0 Å². The van der Waals surface area contributed by atoms with Crippen molar-refractivity contribution in [3.8, 4) is 0 Å². The van der Waals surface area contributed by atoms with Crippen molar-refractivity contribution in [2.24, 2.45) is 7.05 Å². The molecule has 0 saturated carbocycles. The fraction of sp³-hybridized carbons (Fsp3) is 0.333. The van der Waals surface area contributed by atoms with E-state index in [1.807, 2.05) is 12.3 Å². The maximum absolute atomic E-state index is 11.5. The second kappa shape index (κ2) is 3.42. The van der Waals surface area contributed by atoms with E-state index in [1.165, 1.54) is 0 Å². The van der Waals surface area contributed by atoms with Crippen molar-refractivity contribution < 1.29 is 0 Å². The summed E-state index contributed by atoms with van der Waals surface area (Å²) in [7, 11) is 1.74. The normalized spacial score (nSPS) is 10.7. The quantitative estimate of drug-likeness (QED) is 0.740. The molecule has 2 heterocycles. The summed E-state index contributed by atoms with van der Waals surface area (Å²) in [5.41, 5.74) is 0.941. The van der Waals surface area contributed by atoms with Gasteiger partial charge in [0.1, 0.15) is 0 Å². The Bertz CT molecular complexity index is 494. The van der Waals surface area contributed by atoms with Gasteiger partial charge >= 0.3 is 5.69 Å². The van der Waals surface area contributed by atoms with Crippen LogP contribution in [0, 0.1) is 6.92 Å². The summed E-state index contributed by atoms with van der Waals surface area (Å²) in [5, 5.41) is 3.01. The Morgan fingerprint density at radius 1 is 1.50 bits per heavy atom. The summed E-state index contributed by atoms with van der Waals surface area (Å²) >= 11 is 1.60. The maximum Gasteiger partial charge on any atom is 0.328 e. The standard InChI is InChI=1S/C9H11N3OS/c1-7-10-8(6-14-7)5-12-4-3-11(2)9(12)13/h3-4,6H,5H2,1-2H3. The number of aromatic nitrogens is 3. The van der Waals surface area contributed by atoms with Gasteiger partial charge < -0.3 is 4.57 Å². The van der Waals surface area contributed by atoms with Gasteiger partial charge in [0.2, 0.25) is 0 Å². The third-order valence-corrected chi connectivity index (χ3v) is 2.84. The van der Waals surface area contributed by atoms with Crippen LogP contribution in [0.15, 0.2) is 22.6 Å². The molecule has 14 heavy (non-hydrogen) atoms. The van der Waals surface area contributed by atoms with Crippen LogP contribution in [0.1, 0.15) is 10.7 Å². The molecule has 74 valence electrons. The minimum absolute atomic E-state index is 0.00402. The Hall–Kier alpha value is -1.36. The molecule has 0 saturated heterocycles. The van der Waals surface area contributed by atoms with Gasteiger partial charge in [-0.15, -0.1) is 11.3 Å². The molecule has 0 atom stereocenters. The Labute approximate surface area is 85.5 Å². The zero-order valence-corrected chi connectivity index (χ0v) is 8.91. The van der Waals surface area contributed by atoms with E-state index in [0.717, 1.165) is 10.7 Å². The fourth-order valence-electron chi connectivity index (χ4n) is 1.29. The summed E-state index contributed by atoms with van der Waals surface area (Å²) in [6.07, 6.45) is 3.53. The average molecular weight is 209 g/mol. The van der Waals surface area contributed by atoms with Gasteiger partial charge in [0.05, 0.1) is 17.2 Å². The van der Waals surface area contributed by atoms with E-state index in [-0.39, 0.29) is 5.69 Å². The van der Waals surface area contributed by atoms with Crippen LogP contribution >= 0.6 is 11.3 Å². The Morgan fingerprint density at radius 3 is 2.79 bits per heavy atom. The molecule has 0 aliphatic heterocycles. The number of nitrogens with zero attached hydrogens (tertiary/aromatic N) is 3. The highest BCUT2D eigenvalue weighted by molar-refractivity contribution is 7.09. The van der Waals surface area contributed by atoms with Crippen LogP contribution in [0.2, 0.25) is 0 Å². The molecule has 0 amide bonds. The smallest absolute Gasteiger partial charge is 0.302 e. The zero-order chi connectivity index (χ0) is 10.1. The van der Waals surface area contributed by atoms with Crippen molar-refractivity contribution in [1.82, 2.24) is 14.1 Å². The van der Waals surface area contributed by atoms with Crippen molar-refractivity contribution >= 4 is 11.3 Å². The third-order valence-electron chi connectivity index (χ3n) is 2.02. The molecule has 0 unspecified atom stereocenters. The van der Waals surface area contributed by atoms with Gasteiger partial charge in [0.15, 0.2) is 0 Å². The first-order valence-electron chi connectivity index (χ1n) is 4.29. The summed E-state index contributed by atoms with van der Waals surface area (Å²) < 4.78 is 3.20. The summed E-state index contributed by atoms with van der Waals surface area (Å²) in [5.74, 6) is 0. The first-order chi connectivity index (χ1) is 6.66. The molecule has 0 N–H and O–H groups in total. The lowest BCUT2D eigenvalue weighted by atomic mass is 10.5. The van der Waals surface area contributed by atoms with Gasteiger partial charge in [-0.3, -0.25) is 4.57 Å². The third kappa shape index (κ3) is 1.63. The number of rotatable bonds is 2. The van der Waals surface area contributed by atoms with E-state index in [0.29, 0.717) is 6.54 Å². The number of aryl methyl sites for hydroxylation is 2. The summed E-state index contributed by atoms with van der Waals surface area (Å²) in [4.78, 5) is 15.8. The number of hydrogen-bond donors (Lipinski definition) is 0. The van der Waals surface area contributed by atoms with Gasteiger partial charge in [-0.1, -0.05) is 0 Å². The van der Waals surface area contributed by atoms with Crippen molar-refractivity contribution in [2.75, 3.05) is 0 Å². The second-order valence-corrected chi connectivity index (χ2v) is 4.24. The van der Waals surface area contributed by atoms with Crippen LogP contribution in [-0.2, 0) is 13.6 Å². The molecule has 0 aliphatic carbocycles. The highest BCUT2D eigenvalue weighted by atomic mass is 32.1. The molecule has 0 radical (unpaired) electrons. The second-order valence-electron chi connectivity index (χ2n) is 3.18. The first-order valence-corrected chi connectivity index (χ1v) is 5.17. The van der Waals surface area contributed by atoms with Crippen molar-refractivity contribution in [1.29, 1.82) is 0 Å². The summed E-state index contributed by atoms with van der Waals surface area (Å²) in [6, 6.07) is 0. The minimum Gasteiger partial charge on any atom is -0.302 e. The van der Waals surface area contributed by atoms with Crippen molar-refractivity contribution in [3.63, 3.8) is 0 Å². The van der Waals surface area contributed by atoms with Crippen LogP contribution in [-0.4, -0.2) is 14.1 Å². The van der Waals surface area contributed by atoms with Gasteiger partial charge in [0, 0.05) is 24.8 Å². The average Bonchev–Trinajstić information content (AvgIpc) is 2.67. The Morgan fingerprint density at radius 2 is 2.29 bits per heavy atom. The zero-order valence-electron chi connectivity index (χ0n) is 8.10. The van der Waals surface area contributed by atoms with E-state index in [2.05, 4.69) is 4.98 Å². The number of hydrogen-bond acceptors (Lipinski definition) is 3. The topological polar surface area (TPSA) is 39.8 Å². The van der Waals surface area contributed by atoms with Crippen LogP contribution in [0.25, 0.3) is 0 Å². The molecular weight excluding hydrogens is 198 g/mol. The molecule has 2 rings (SSSR count). The lowest BCUT2D eigenvalue weighted by molar-refractivity contribution is 0.706. The Kier molecular flexibility index (Phi) is 2.25. The van der Waals surface area contributed by atoms with E-state index >= 15 is 0 Å². The van der Waals surface area contributed by atoms with Gasteiger partial charge in [-0.2, -0.15) is 0 Å². The van der Waals surface area contributed by atoms with Crippen LogP contribution in [0.3, 0.4) is 0 Å². The lowest BCUT2D eigenvalue weighted by Crippen LogP contribution is -2.22. The van der Waals surface area contributed by atoms with Crippen LogP contribution < -0.4 is 5.69 Å². The van der Waals surface area contributed by atoms with Gasteiger partial charge in [0.25, 0.3) is 0 Å². The van der Waals surface area contributed by atoms with E-state index in [4.69, 9.17) is 0 Å². The van der Waals surface area contributed by atoms with Crippen molar-refractivity contribution in [2.45, 2.75) is 13.5 Å². The maximum atomic E-state index is 11.5. The molecule has 2 aromatic heterocycles. The lowest BCUT2D eigenvalue weighted by Gasteiger charge is -1.96. The minimum atomic E-state index is -0.00402. The first kappa shape index (κ1) is 9.21. The van der Waals surface area contributed by atoms with Crippen molar-refractivity contribution in [3.05, 3.63) is 39.0 Å². The number of imidazole rings is 1. The molecule has 4 nitrogen and oxygen atoms in total. The molecule has 2 aromatic rings. The largest absolute Gasteiger partial charge is 0.328 e. The van der Waals surface area contributed by atoms with Gasteiger partial charge in [-0.25, -0.2) is 9.78 Å². The predicted octanol–water partition coefficient (Wildman–Crippen LogP) is 1.00. The highest BCUT2D eigenvalue weighted by Gasteiger charge is 2.03. The Balaban J connectivity index is 2.27. The number of thiazole rings is 1. The SMILES string of the molecule is Cc1nc(Cn2ccn(C)c2=O)cs1. The van der Waals surface area contributed by atoms with E-state index in [9.17, 15) is 4.79 Å². The van der Waals surface area contributed by atoms with E-state index < -0.39 is 0 Å².